The van der Waals surface area contributed by atoms with Crippen molar-refractivity contribution in [3.8, 4) is 11.5 Å². The summed E-state index contributed by atoms with van der Waals surface area (Å²) in [5, 5.41) is 11.6. The molecule has 17 heavy (non-hydrogen) atoms. The second kappa shape index (κ2) is 5.03. The lowest BCUT2D eigenvalue weighted by Crippen LogP contribution is -2.16. The van der Waals surface area contributed by atoms with E-state index in [9.17, 15) is 4.79 Å². The van der Waals surface area contributed by atoms with Crippen molar-refractivity contribution in [2.24, 2.45) is 0 Å². The molecular formula is C13H11NO3. The number of carbonyl (C=O) groups is 1. The fraction of sp³-hybridized carbons (Fsp3) is 0. The Morgan fingerprint density at radius 1 is 1.00 bits per heavy atom. The highest BCUT2D eigenvalue weighted by Crippen LogP contribution is 2.15. The molecule has 4 nitrogen and oxygen atoms in total. The van der Waals surface area contributed by atoms with Crippen LogP contribution in [0.3, 0.4) is 0 Å². The van der Waals surface area contributed by atoms with E-state index >= 15 is 0 Å². The largest absolute Gasteiger partial charge is 0.508 e. The van der Waals surface area contributed by atoms with Gasteiger partial charge in [0.1, 0.15) is 11.5 Å². The van der Waals surface area contributed by atoms with E-state index in [1.54, 1.807) is 36.4 Å². The molecule has 0 atom stereocenters. The molecule has 0 aliphatic carbocycles. The Morgan fingerprint density at radius 2 is 1.65 bits per heavy atom. The first kappa shape index (κ1) is 11.0. The van der Waals surface area contributed by atoms with E-state index in [-0.39, 0.29) is 5.75 Å². The van der Waals surface area contributed by atoms with Crippen LogP contribution in [-0.4, -0.2) is 11.2 Å². The van der Waals surface area contributed by atoms with Gasteiger partial charge in [0.05, 0.1) is 0 Å². The molecule has 2 aromatic rings. The molecule has 0 bridgehead atoms. The number of aromatic hydroxyl groups is 1. The highest BCUT2D eigenvalue weighted by molar-refractivity contribution is 5.86. The number of rotatable bonds is 2. The predicted molar refractivity (Wildman–Crippen MR) is 64.2 cm³/mol. The van der Waals surface area contributed by atoms with Crippen molar-refractivity contribution in [2.75, 3.05) is 5.32 Å². The number of anilines is 1. The quantitative estimate of drug-likeness (QED) is 0.778. The average Bonchev–Trinajstić information content (AvgIpc) is 2.33. The summed E-state index contributed by atoms with van der Waals surface area (Å²) in [5.74, 6) is 0.621. The number of nitrogens with one attached hydrogen (secondary N) is 1. The third-order valence-electron chi connectivity index (χ3n) is 2.07. The van der Waals surface area contributed by atoms with Gasteiger partial charge in [-0.15, -0.1) is 0 Å². The van der Waals surface area contributed by atoms with E-state index in [2.05, 4.69) is 5.32 Å². The zero-order valence-corrected chi connectivity index (χ0v) is 8.96. The topological polar surface area (TPSA) is 58.6 Å². The van der Waals surface area contributed by atoms with Crippen LogP contribution in [0.4, 0.5) is 10.5 Å². The monoisotopic (exact) mass is 229 g/mol. The Balaban J connectivity index is 1.96. The molecule has 0 unspecified atom stereocenters. The summed E-state index contributed by atoms with van der Waals surface area (Å²) in [6.07, 6.45) is -0.568. The van der Waals surface area contributed by atoms with Gasteiger partial charge >= 0.3 is 6.09 Å². The molecule has 2 rings (SSSR count). The van der Waals surface area contributed by atoms with Gasteiger partial charge in [-0.1, -0.05) is 18.2 Å². The van der Waals surface area contributed by atoms with Crippen LogP contribution in [0.15, 0.2) is 54.6 Å². The highest BCUT2D eigenvalue weighted by Gasteiger charge is 2.04. The van der Waals surface area contributed by atoms with Crippen LogP contribution < -0.4 is 10.1 Å². The fourth-order valence-electron chi connectivity index (χ4n) is 1.28. The molecule has 0 radical (unpaired) electrons. The molecule has 0 heterocycles. The minimum absolute atomic E-state index is 0.145. The molecule has 0 saturated heterocycles. The van der Waals surface area contributed by atoms with E-state index < -0.39 is 6.09 Å². The molecule has 2 N–H and O–H groups in total. The Labute approximate surface area is 98.5 Å². The Morgan fingerprint density at radius 3 is 2.29 bits per heavy atom. The summed E-state index contributed by atoms with van der Waals surface area (Å²) in [4.78, 5) is 11.5. The van der Waals surface area contributed by atoms with Gasteiger partial charge in [-0.2, -0.15) is 0 Å². The van der Waals surface area contributed by atoms with Crippen molar-refractivity contribution >= 4 is 11.8 Å². The standard InChI is InChI=1S/C13H11NO3/c15-11-8-6-10(7-9-11)14-13(16)17-12-4-2-1-3-5-12/h1-9,15H,(H,14,16). The zero-order valence-electron chi connectivity index (χ0n) is 8.96. The van der Waals surface area contributed by atoms with Gasteiger partial charge in [-0.25, -0.2) is 4.79 Å². The number of benzene rings is 2. The van der Waals surface area contributed by atoms with E-state index in [0.29, 0.717) is 11.4 Å². The molecule has 0 aliphatic rings. The summed E-state index contributed by atoms with van der Waals surface area (Å²) in [6.45, 7) is 0. The second-order valence-electron chi connectivity index (χ2n) is 3.37. The number of phenolic OH excluding ortho intramolecular Hbond substituents is 1. The summed E-state index contributed by atoms with van der Waals surface area (Å²) >= 11 is 0. The van der Waals surface area contributed by atoms with Crippen LogP contribution in [0, 0.1) is 0 Å². The zero-order chi connectivity index (χ0) is 12.1. The van der Waals surface area contributed by atoms with Gasteiger partial charge in [0.15, 0.2) is 0 Å². The lowest BCUT2D eigenvalue weighted by atomic mass is 10.3. The first-order valence-electron chi connectivity index (χ1n) is 5.07. The van der Waals surface area contributed by atoms with Crippen LogP contribution in [0.2, 0.25) is 0 Å². The SMILES string of the molecule is O=C(Nc1ccc(O)cc1)Oc1ccccc1. The molecule has 4 heteroatoms. The lowest BCUT2D eigenvalue weighted by Gasteiger charge is -2.06. The van der Waals surface area contributed by atoms with Crippen molar-refractivity contribution in [1.82, 2.24) is 0 Å². The van der Waals surface area contributed by atoms with Crippen LogP contribution in [0.25, 0.3) is 0 Å². The van der Waals surface area contributed by atoms with Gasteiger partial charge in [0.2, 0.25) is 0 Å². The maximum absolute atomic E-state index is 11.5. The third-order valence-corrected chi connectivity index (χ3v) is 2.07. The van der Waals surface area contributed by atoms with E-state index in [1.807, 2.05) is 6.07 Å². The Bertz CT molecular complexity index is 494. The van der Waals surface area contributed by atoms with E-state index in [4.69, 9.17) is 9.84 Å². The molecule has 0 saturated carbocycles. The van der Waals surface area contributed by atoms with Gasteiger partial charge in [0, 0.05) is 5.69 Å². The van der Waals surface area contributed by atoms with Gasteiger partial charge in [0.25, 0.3) is 0 Å². The molecule has 1 amide bonds. The smallest absolute Gasteiger partial charge is 0.417 e. The predicted octanol–water partition coefficient (Wildman–Crippen LogP) is 3.00. The van der Waals surface area contributed by atoms with Crippen molar-refractivity contribution in [3.05, 3.63) is 54.6 Å². The van der Waals surface area contributed by atoms with Gasteiger partial charge in [-0.05, 0) is 36.4 Å². The molecule has 0 fully saturated rings. The third kappa shape index (κ3) is 3.24. The van der Waals surface area contributed by atoms with E-state index in [0.717, 1.165) is 0 Å². The van der Waals surface area contributed by atoms with Crippen molar-refractivity contribution in [1.29, 1.82) is 0 Å². The first-order chi connectivity index (χ1) is 8.24. The Kier molecular flexibility index (Phi) is 3.25. The molecular weight excluding hydrogens is 218 g/mol. The number of amides is 1. The fourth-order valence-corrected chi connectivity index (χ4v) is 1.28. The number of para-hydroxylation sites is 1. The minimum atomic E-state index is -0.568. The summed E-state index contributed by atoms with van der Waals surface area (Å²) < 4.78 is 5.04. The lowest BCUT2D eigenvalue weighted by molar-refractivity contribution is 0.215. The average molecular weight is 229 g/mol. The highest BCUT2D eigenvalue weighted by atomic mass is 16.6. The summed E-state index contributed by atoms with van der Waals surface area (Å²) in [7, 11) is 0. The van der Waals surface area contributed by atoms with Crippen molar-refractivity contribution < 1.29 is 14.6 Å². The van der Waals surface area contributed by atoms with E-state index in [1.165, 1.54) is 12.1 Å². The minimum Gasteiger partial charge on any atom is -0.508 e. The molecule has 86 valence electrons. The van der Waals surface area contributed by atoms with Crippen LogP contribution >= 0.6 is 0 Å². The number of phenols is 1. The molecule has 0 spiro atoms. The Hall–Kier alpha value is -2.49. The number of carbonyl (C=O) groups excluding carboxylic acids is 1. The number of hydrogen-bond acceptors (Lipinski definition) is 3. The first-order valence-corrected chi connectivity index (χ1v) is 5.07. The maximum atomic E-state index is 11.5. The second-order valence-corrected chi connectivity index (χ2v) is 3.37. The summed E-state index contributed by atoms with van der Waals surface area (Å²) in [5.41, 5.74) is 0.559. The normalized spacial score (nSPS) is 9.65. The molecule has 0 aliphatic heterocycles. The molecule has 2 aromatic carbocycles. The number of hydrogen-bond donors (Lipinski definition) is 2. The van der Waals surface area contributed by atoms with Crippen LogP contribution in [-0.2, 0) is 0 Å². The maximum Gasteiger partial charge on any atom is 0.417 e. The van der Waals surface area contributed by atoms with Gasteiger partial charge < -0.3 is 9.84 Å². The van der Waals surface area contributed by atoms with Gasteiger partial charge in [-0.3, -0.25) is 5.32 Å². The van der Waals surface area contributed by atoms with Crippen LogP contribution in [0.1, 0.15) is 0 Å². The number of ether oxygens (including phenoxy) is 1. The molecule has 0 aromatic heterocycles. The van der Waals surface area contributed by atoms with Crippen molar-refractivity contribution in [3.63, 3.8) is 0 Å². The van der Waals surface area contributed by atoms with Crippen LogP contribution in [0.5, 0.6) is 11.5 Å². The summed E-state index contributed by atoms with van der Waals surface area (Å²) in [6, 6.07) is 14.9. The van der Waals surface area contributed by atoms with Crippen molar-refractivity contribution in [2.45, 2.75) is 0 Å².